The van der Waals surface area contributed by atoms with Gasteiger partial charge in [0.15, 0.2) is 0 Å². The minimum Gasteiger partial charge on any atom is -0.351 e. The SMILES string of the molecule is Cn1ccnc1CCNC(=O)c1ccccc1F. The zero-order valence-corrected chi connectivity index (χ0v) is 10.1. The van der Waals surface area contributed by atoms with Gasteiger partial charge < -0.3 is 9.88 Å². The minimum atomic E-state index is -0.507. The molecule has 1 N–H and O–H groups in total. The Morgan fingerprint density at radius 1 is 1.44 bits per heavy atom. The maximum Gasteiger partial charge on any atom is 0.254 e. The van der Waals surface area contributed by atoms with Gasteiger partial charge in [0.05, 0.1) is 5.56 Å². The Bertz CT molecular complexity index is 551. The number of carbonyl (C=O) groups excluding carboxylic acids is 1. The maximum absolute atomic E-state index is 13.3. The van der Waals surface area contributed by atoms with Crippen molar-refractivity contribution in [2.24, 2.45) is 7.05 Å². The molecule has 0 aliphatic rings. The van der Waals surface area contributed by atoms with Crippen molar-refractivity contribution in [3.05, 3.63) is 53.9 Å². The van der Waals surface area contributed by atoms with Crippen molar-refractivity contribution in [2.45, 2.75) is 6.42 Å². The number of hydrogen-bond donors (Lipinski definition) is 1. The number of hydrogen-bond acceptors (Lipinski definition) is 2. The molecule has 0 fully saturated rings. The molecule has 1 heterocycles. The van der Waals surface area contributed by atoms with Crippen LogP contribution in [0.15, 0.2) is 36.7 Å². The number of halogens is 1. The summed E-state index contributed by atoms with van der Waals surface area (Å²) >= 11 is 0. The molecule has 1 amide bonds. The molecule has 1 aromatic carbocycles. The third-order valence-electron chi connectivity index (χ3n) is 2.67. The van der Waals surface area contributed by atoms with Crippen LogP contribution in [0.5, 0.6) is 0 Å². The van der Waals surface area contributed by atoms with Gasteiger partial charge in [-0.25, -0.2) is 9.37 Å². The Morgan fingerprint density at radius 3 is 2.89 bits per heavy atom. The second-order valence-corrected chi connectivity index (χ2v) is 3.94. The van der Waals surface area contributed by atoms with Crippen molar-refractivity contribution in [2.75, 3.05) is 6.54 Å². The molecule has 0 aliphatic carbocycles. The molecule has 0 saturated heterocycles. The zero-order chi connectivity index (χ0) is 13.0. The molecule has 0 bridgehead atoms. The van der Waals surface area contributed by atoms with E-state index in [1.807, 2.05) is 17.8 Å². The summed E-state index contributed by atoms with van der Waals surface area (Å²) in [4.78, 5) is 15.8. The first-order valence-corrected chi connectivity index (χ1v) is 5.67. The number of amides is 1. The highest BCUT2D eigenvalue weighted by Crippen LogP contribution is 2.05. The van der Waals surface area contributed by atoms with Crippen LogP contribution in [0.2, 0.25) is 0 Å². The van der Waals surface area contributed by atoms with Crippen LogP contribution in [-0.2, 0) is 13.5 Å². The highest BCUT2D eigenvalue weighted by Gasteiger charge is 2.10. The number of aromatic nitrogens is 2. The Labute approximate surface area is 104 Å². The molecule has 0 aliphatic heterocycles. The molecular weight excluding hydrogens is 233 g/mol. The van der Waals surface area contributed by atoms with E-state index in [1.54, 1.807) is 18.3 Å². The molecule has 1 aromatic heterocycles. The molecule has 0 spiro atoms. The van der Waals surface area contributed by atoms with Gasteiger partial charge in [-0.2, -0.15) is 0 Å². The van der Waals surface area contributed by atoms with Gasteiger partial charge in [-0.15, -0.1) is 0 Å². The second kappa shape index (κ2) is 5.44. The van der Waals surface area contributed by atoms with Crippen molar-refractivity contribution >= 4 is 5.91 Å². The quantitative estimate of drug-likeness (QED) is 0.890. The number of benzene rings is 1. The monoisotopic (exact) mass is 247 g/mol. The van der Waals surface area contributed by atoms with Crippen molar-refractivity contribution in [1.29, 1.82) is 0 Å². The molecule has 2 aromatic rings. The van der Waals surface area contributed by atoms with Crippen LogP contribution >= 0.6 is 0 Å². The van der Waals surface area contributed by atoms with E-state index < -0.39 is 11.7 Å². The lowest BCUT2D eigenvalue weighted by atomic mass is 10.2. The van der Waals surface area contributed by atoms with Crippen molar-refractivity contribution < 1.29 is 9.18 Å². The first kappa shape index (κ1) is 12.3. The summed E-state index contributed by atoms with van der Waals surface area (Å²) in [5.74, 6) is -0.0295. The predicted molar refractivity (Wildman–Crippen MR) is 65.6 cm³/mol. The molecule has 18 heavy (non-hydrogen) atoms. The lowest BCUT2D eigenvalue weighted by Crippen LogP contribution is -2.27. The number of nitrogens with one attached hydrogen (secondary N) is 1. The number of aryl methyl sites for hydroxylation is 1. The fourth-order valence-electron chi connectivity index (χ4n) is 1.67. The molecule has 5 heteroatoms. The van der Waals surface area contributed by atoms with E-state index >= 15 is 0 Å². The smallest absolute Gasteiger partial charge is 0.254 e. The molecule has 0 atom stereocenters. The van der Waals surface area contributed by atoms with Crippen LogP contribution < -0.4 is 5.32 Å². The van der Waals surface area contributed by atoms with Crippen molar-refractivity contribution in [3.63, 3.8) is 0 Å². The largest absolute Gasteiger partial charge is 0.351 e. The number of imidazole rings is 1. The number of carbonyl (C=O) groups is 1. The number of rotatable bonds is 4. The van der Waals surface area contributed by atoms with E-state index in [2.05, 4.69) is 10.3 Å². The zero-order valence-electron chi connectivity index (χ0n) is 10.1. The summed E-state index contributed by atoms with van der Waals surface area (Å²) in [5, 5.41) is 2.67. The fraction of sp³-hybridized carbons (Fsp3) is 0.231. The first-order chi connectivity index (χ1) is 8.68. The summed E-state index contributed by atoms with van der Waals surface area (Å²) in [6.45, 7) is 0.429. The Kier molecular flexibility index (Phi) is 3.72. The molecule has 0 unspecified atom stereocenters. The standard InChI is InChI=1S/C13H14FN3O/c1-17-9-8-15-12(17)6-7-16-13(18)10-4-2-3-5-11(10)14/h2-5,8-9H,6-7H2,1H3,(H,16,18). The Hall–Kier alpha value is -2.17. The van der Waals surface area contributed by atoms with Crippen LogP contribution in [0.3, 0.4) is 0 Å². The third-order valence-corrected chi connectivity index (χ3v) is 2.67. The van der Waals surface area contributed by atoms with Crippen molar-refractivity contribution in [1.82, 2.24) is 14.9 Å². The Morgan fingerprint density at radius 2 is 2.22 bits per heavy atom. The molecular formula is C13H14FN3O. The van der Waals surface area contributed by atoms with Gasteiger partial charge in [0, 0.05) is 32.4 Å². The average molecular weight is 247 g/mol. The van der Waals surface area contributed by atoms with Crippen molar-refractivity contribution in [3.8, 4) is 0 Å². The van der Waals surface area contributed by atoms with E-state index in [1.165, 1.54) is 12.1 Å². The van der Waals surface area contributed by atoms with E-state index in [-0.39, 0.29) is 5.56 Å². The molecule has 94 valence electrons. The normalized spacial score (nSPS) is 10.3. The lowest BCUT2D eigenvalue weighted by Gasteiger charge is -2.06. The third kappa shape index (κ3) is 2.74. The van der Waals surface area contributed by atoms with E-state index in [0.29, 0.717) is 13.0 Å². The summed E-state index contributed by atoms with van der Waals surface area (Å²) < 4.78 is 15.2. The van der Waals surface area contributed by atoms with Gasteiger partial charge in [0.1, 0.15) is 11.6 Å². The fourth-order valence-corrected chi connectivity index (χ4v) is 1.67. The minimum absolute atomic E-state index is 0.0670. The summed E-state index contributed by atoms with van der Waals surface area (Å²) in [5.41, 5.74) is 0.0670. The average Bonchev–Trinajstić information content (AvgIpc) is 2.75. The van der Waals surface area contributed by atoms with Gasteiger partial charge in [0.2, 0.25) is 0 Å². The lowest BCUT2D eigenvalue weighted by molar-refractivity contribution is 0.0950. The summed E-state index contributed by atoms with van der Waals surface area (Å²) in [7, 11) is 1.89. The van der Waals surface area contributed by atoms with Crippen LogP contribution in [0, 0.1) is 5.82 Å². The molecule has 4 nitrogen and oxygen atoms in total. The predicted octanol–water partition coefficient (Wildman–Crippen LogP) is 1.53. The molecule has 0 radical (unpaired) electrons. The highest BCUT2D eigenvalue weighted by molar-refractivity contribution is 5.94. The van der Waals surface area contributed by atoms with Gasteiger partial charge in [-0.1, -0.05) is 12.1 Å². The summed E-state index contributed by atoms with van der Waals surface area (Å²) in [6, 6.07) is 5.93. The first-order valence-electron chi connectivity index (χ1n) is 5.67. The maximum atomic E-state index is 13.3. The van der Waals surface area contributed by atoms with E-state index in [4.69, 9.17) is 0 Å². The van der Waals surface area contributed by atoms with Gasteiger partial charge in [-0.3, -0.25) is 4.79 Å². The molecule has 2 rings (SSSR count). The van der Waals surface area contributed by atoms with Gasteiger partial charge in [0.25, 0.3) is 5.91 Å². The Balaban J connectivity index is 1.90. The highest BCUT2D eigenvalue weighted by atomic mass is 19.1. The summed E-state index contributed by atoms with van der Waals surface area (Å²) in [6.07, 6.45) is 4.16. The van der Waals surface area contributed by atoms with E-state index in [9.17, 15) is 9.18 Å². The van der Waals surface area contributed by atoms with Crippen LogP contribution in [0.25, 0.3) is 0 Å². The molecule has 0 saturated carbocycles. The topological polar surface area (TPSA) is 46.9 Å². The van der Waals surface area contributed by atoms with Crippen LogP contribution in [0.4, 0.5) is 4.39 Å². The van der Waals surface area contributed by atoms with Crippen LogP contribution in [0.1, 0.15) is 16.2 Å². The van der Waals surface area contributed by atoms with E-state index in [0.717, 1.165) is 5.82 Å². The number of nitrogens with zero attached hydrogens (tertiary/aromatic N) is 2. The van der Waals surface area contributed by atoms with Crippen LogP contribution in [-0.4, -0.2) is 22.0 Å². The second-order valence-electron chi connectivity index (χ2n) is 3.94. The van der Waals surface area contributed by atoms with Gasteiger partial charge in [-0.05, 0) is 12.1 Å². The van der Waals surface area contributed by atoms with Gasteiger partial charge >= 0.3 is 0 Å².